The maximum atomic E-state index is 12.1. The summed E-state index contributed by atoms with van der Waals surface area (Å²) in [6.07, 6.45) is 2.31. The fourth-order valence-corrected chi connectivity index (χ4v) is 2.37. The number of benzene rings is 1. The average Bonchev–Trinajstić information content (AvgIpc) is 2.76. The summed E-state index contributed by atoms with van der Waals surface area (Å²) < 4.78 is 0. The Morgan fingerprint density at radius 3 is 2.47 bits per heavy atom. The molecule has 17 heavy (non-hydrogen) atoms. The number of likely N-dealkylation sites (tertiary alicyclic amines) is 1. The van der Waals surface area contributed by atoms with Crippen LogP contribution in [0.2, 0.25) is 10.0 Å². The quantitative estimate of drug-likeness (QED) is 0.680. The first-order valence-corrected chi connectivity index (χ1v) is 6.33. The van der Waals surface area contributed by atoms with Gasteiger partial charge in [-0.2, -0.15) is 0 Å². The molecule has 1 aromatic carbocycles. The highest BCUT2D eigenvalue weighted by molar-refractivity contribution is 6.42. The first-order chi connectivity index (χ1) is 8.08. The second-order valence-corrected chi connectivity index (χ2v) is 5.07. The summed E-state index contributed by atoms with van der Waals surface area (Å²) in [6.45, 7) is 2.36. The maximum Gasteiger partial charge on any atom is 0.178 e. The Balaban J connectivity index is 2.15. The Morgan fingerprint density at radius 1 is 1.24 bits per heavy atom. The Bertz CT molecular complexity index is 442. The smallest absolute Gasteiger partial charge is 0.178 e. The van der Waals surface area contributed by atoms with Crippen molar-refractivity contribution in [3.05, 3.63) is 27.7 Å². The lowest BCUT2D eigenvalue weighted by molar-refractivity contribution is 0.0946. The highest BCUT2D eigenvalue weighted by atomic mass is 35.5. The van der Waals surface area contributed by atoms with Gasteiger partial charge in [-0.3, -0.25) is 9.69 Å². The normalized spacial score (nSPS) is 16.4. The first-order valence-electron chi connectivity index (χ1n) is 5.58. The number of anilines is 1. The van der Waals surface area contributed by atoms with Crippen LogP contribution in [-0.2, 0) is 0 Å². The highest BCUT2D eigenvalue weighted by Crippen LogP contribution is 2.28. The molecule has 5 heteroatoms. The van der Waals surface area contributed by atoms with E-state index in [2.05, 4.69) is 4.90 Å². The molecule has 1 saturated heterocycles. The van der Waals surface area contributed by atoms with Crippen LogP contribution >= 0.6 is 23.2 Å². The summed E-state index contributed by atoms with van der Waals surface area (Å²) in [7, 11) is 0. The van der Waals surface area contributed by atoms with Gasteiger partial charge in [-0.15, -0.1) is 0 Å². The molecule has 2 rings (SSSR count). The van der Waals surface area contributed by atoms with Crippen LogP contribution in [0, 0.1) is 0 Å². The van der Waals surface area contributed by atoms with E-state index in [4.69, 9.17) is 28.9 Å². The molecule has 0 radical (unpaired) electrons. The Hall–Kier alpha value is -0.770. The molecule has 1 fully saturated rings. The second-order valence-electron chi connectivity index (χ2n) is 4.26. The van der Waals surface area contributed by atoms with E-state index in [0.29, 0.717) is 27.8 Å². The van der Waals surface area contributed by atoms with Gasteiger partial charge in [0.15, 0.2) is 5.78 Å². The molecule has 1 aromatic rings. The molecule has 3 nitrogen and oxygen atoms in total. The fraction of sp³-hybridized carbons (Fsp3) is 0.417. The average molecular weight is 273 g/mol. The van der Waals surface area contributed by atoms with Crippen molar-refractivity contribution in [1.29, 1.82) is 0 Å². The predicted molar refractivity (Wildman–Crippen MR) is 70.9 cm³/mol. The number of nitrogens with zero attached hydrogens (tertiary/aromatic N) is 1. The van der Waals surface area contributed by atoms with E-state index < -0.39 is 0 Å². The molecule has 2 N–H and O–H groups in total. The summed E-state index contributed by atoms with van der Waals surface area (Å²) in [5, 5.41) is 0.743. The van der Waals surface area contributed by atoms with Gasteiger partial charge in [-0.1, -0.05) is 23.2 Å². The molecule has 1 aliphatic rings. The van der Waals surface area contributed by atoms with Gasteiger partial charge in [0.05, 0.1) is 16.6 Å². The molecule has 92 valence electrons. The number of ketones is 1. The second kappa shape index (κ2) is 5.25. The monoisotopic (exact) mass is 272 g/mol. The van der Waals surface area contributed by atoms with Crippen LogP contribution in [-0.4, -0.2) is 30.3 Å². The van der Waals surface area contributed by atoms with Crippen LogP contribution in [0.1, 0.15) is 23.2 Å². The summed E-state index contributed by atoms with van der Waals surface area (Å²) in [6, 6.07) is 3.08. The molecule has 0 aromatic heterocycles. The van der Waals surface area contributed by atoms with Crippen LogP contribution in [0.25, 0.3) is 0 Å². The van der Waals surface area contributed by atoms with Crippen molar-refractivity contribution in [3.8, 4) is 0 Å². The number of carbonyl (C=O) groups excluding carboxylic acids is 1. The molecule has 0 atom stereocenters. The van der Waals surface area contributed by atoms with Crippen LogP contribution in [0.4, 0.5) is 5.69 Å². The van der Waals surface area contributed by atoms with Gasteiger partial charge in [0.1, 0.15) is 0 Å². The van der Waals surface area contributed by atoms with Gasteiger partial charge in [-0.25, -0.2) is 0 Å². The van der Waals surface area contributed by atoms with Gasteiger partial charge in [-0.05, 0) is 38.1 Å². The van der Waals surface area contributed by atoms with Gasteiger partial charge in [0.2, 0.25) is 0 Å². The van der Waals surface area contributed by atoms with Crippen molar-refractivity contribution in [2.75, 3.05) is 25.4 Å². The van der Waals surface area contributed by atoms with Crippen LogP contribution in [0.15, 0.2) is 12.1 Å². The largest absolute Gasteiger partial charge is 0.398 e. The van der Waals surface area contributed by atoms with Crippen LogP contribution in [0.5, 0.6) is 0 Å². The molecule has 0 spiro atoms. The first kappa shape index (κ1) is 12.7. The summed E-state index contributed by atoms with van der Waals surface area (Å²) >= 11 is 11.7. The minimum absolute atomic E-state index is 0.00275. The van der Waals surface area contributed by atoms with Gasteiger partial charge >= 0.3 is 0 Å². The van der Waals surface area contributed by atoms with E-state index in [9.17, 15) is 4.79 Å². The number of nitrogens with two attached hydrogens (primary N) is 1. The van der Waals surface area contributed by atoms with Crippen molar-refractivity contribution in [2.24, 2.45) is 0 Å². The highest BCUT2D eigenvalue weighted by Gasteiger charge is 2.18. The Morgan fingerprint density at radius 2 is 1.82 bits per heavy atom. The minimum atomic E-state index is 0.00275. The van der Waals surface area contributed by atoms with E-state index in [1.165, 1.54) is 6.07 Å². The lowest BCUT2D eigenvalue weighted by atomic mass is 10.1. The number of hydrogen-bond donors (Lipinski definition) is 1. The van der Waals surface area contributed by atoms with Crippen molar-refractivity contribution in [2.45, 2.75) is 12.8 Å². The number of Topliss-reactive ketones (excluding diaryl/α,β-unsaturated/α-hetero) is 1. The molecule has 1 heterocycles. The number of nitrogen functional groups attached to an aromatic ring is 1. The van der Waals surface area contributed by atoms with Gasteiger partial charge < -0.3 is 5.73 Å². The summed E-state index contributed by atoms with van der Waals surface area (Å²) in [5.74, 6) is 0.00275. The summed E-state index contributed by atoms with van der Waals surface area (Å²) in [5.41, 5.74) is 6.64. The molecule has 0 saturated carbocycles. The van der Waals surface area contributed by atoms with Crippen LogP contribution < -0.4 is 5.73 Å². The molecule has 0 amide bonds. The topological polar surface area (TPSA) is 46.3 Å². The van der Waals surface area contributed by atoms with Crippen LogP contribution in [0.3, 0.4) is 0 Å². The van der Waals surface area contributed by atoms with Crippen molar-refractivity contribution in [3.63, 3.8) is 0 Å². The van der Waals surface area contributed by atoms with Crippen molar-refractivity contribution >= 4 is 34.7 Å². The molecule has 0 unspecified atom stereocenters. The SMILES string of the molecule is Nc1cc(Cl)c(Cl)cc1C(=O)CN1CCCC1. The number of halogens is 2. The zero-order chi connectivity index (χ0) is 12.4. The third kappa shape index (κ3) is 2.92. The third-order valence-electron chi connectivity index (χ3n) is 2.96. The lowest BCUT2D eigenvalue weighted by Gasteiger charge is -2.14. The lowest BCUT2D eigenvalue weighted by Crippen LogP contribution is -2.27. The molecular formula is C12H14Cl2N2O. The minimum Gasteiger partial charge on any atom is -0.398 e. The molecule has 0 bridgehead atoms. The Labute approximate surface area is 110 Å². The zero-order valence-electron chi connectivity index (χ0n) is 9.38. The fourth-order valence-electron chi connectivity index (χ4n) is 2.03. The third-order valence-corrected chi connectivity index (χ3v) is 3.68. The van der Waals surface area contributed by atoms with E-state index in [1.807, 2.05) is 0 Å². The molecule has 0 aliphatic carbocycles. The molecule has 1 aliphatic heterocycles. The zero-order valence-corrected chi connectivity index (χ0v) is 10.9. The number of carbonyl (C=O) groups is 1. The van der Waals surface area contributed by atoms with E-state index in [0.717, 1.165) is 25.9 Å². The van der Waals surface area contributed by atoms with Gasteiger partial charge in [0.25, 0.3) is 0 Å². The van der Waals surface area contributed by atoms with Crippen molar-refractivity contribution in [1.82, 2.24) is 4.90 Å². The summed E-state index contributed by atoms with van der Waals surface area (Å²) in [4.78, 5) is 14.2. The molecular weight excluding hydrogens is 259 g/mol. The van der Waals surface area contributed by atoms with E-state index in [1.54, 1.807) is 6.07 Å². The van der Waals surface area contributed by atoms with E-state index in [-0.39, 0.29) is 5.78 Å². The standard InChI is InChI=1S/C12H14Cl2N2O/c13-9-5-8(11(15)6-10(9)14)12(17)7-16-3-1-2-4-16/h5-6H,1-4,7,15H2. The van der Waals surface area contributed by atoms with Gasteiger partial charge in [0, 0.05) is 11.3 Å². The number of rotatable bonds is 3. The van der Waals surface area contributed by atoms with Crippen molar-refractivity contribution < 1.29 is 4.79 Å². The van der Waals surface area contributed by atoms with E-state index >= 15 is 0 Å². The number of hydrogen-bond acceptors (Lipinski definition) is 3. The maximum absolute atomic E-state index is 12.1. The predicted octanol–water partition coefficient (Wildman–Crippen LogP) is 2.85. The Kier molecular flexibility index (Phi) is 3.92.